The first-order valence-corrected chi connectivity index (χ1v) is 10.7. The molecule has 2 atom stereocenters. The summed E-state index contributed by atoms with van der Waals surface area (Å²) in [6, 6.07) is 8.21. The van der Waals surface area contributed by atoms with Crippen LogP contribution in [0.4, 0.5) is 0 Å². The molecule has 0 radical (unpaired) electrons. The topological polar surface area (TPSA) is 67.8 Å². The fraction of sp³-hybridized carbons (Fsp3) is 0.316. The molecule has 150 valence electrons. The normalized spacial score (nSPS) is 18.9. The molecule has 2 aromatic rings. The average molecular weight is 463 g/mol. The highest BCUT2D eigenvalue weighted by molar-refractivity contribution is 7.99. The molecule has 0 amide bonds. The number of carboxylic acids is 1. The predicted octanol–water partition coefficient (Wildman–Crippen LogP) is 5.41. The van der Waals surface area contributed by atoms with Crippen LogP contribution in [-0.2, 0) is 11.4 Å². The quantitative estimate of drug-likeness (QED) is 0.573. The SMILES string of the molecule is CCOc1cc(C2NC(C(=O)O)CS2)cc(Cl)c1OCc1c(Cl)cccc1Cl. The number of ether oxygens (including phenoxy) is 2. The maximum Gasteiger partial charge on any atom is 0.321 e. The summed E-state index contributed by atoms with van der Waals surface area (Å²) in [4.78, 5) is 11.2. The van der Waals surface area contributed by atoms with Crippen molar-refractivity contribution in [1.82, 2.24) is 5.32 Å². The van der Waals surface area contributed by atoms with Gasteiger partial charge in [0.05, 0.1) is 17.0 Å². The van der Waals surface area contributed by atoms with E-state index in [4.69, 9.17) is 44.3 Å². The minimum absolute atomic E-state index is 0.134. The zero-order valence-electron chi connectivity index (χ0n) is 14.9. The van der Waals surface area contributed by atoms with E-state index in [0.717, 1.165) is 5.56 Å². The molecule has 0 bridgehead atoms. The molecule has 9 heteroatoms. The number of aliphatic carboxylic acids is 1. The van der Waals surface area contributed by atoms with Gasteiger partial charge in [0.2, 0.25) is 0 Å². The molecular formula is C19H18Cl3NO4S. The van der Waals surface area contributed by atoms with Crippen LogP contribution in [0.15, 0.2) is 30.3 Å². The fourth-order valence-corrected chi connectivity index (χ4v) is 4.76. The third-order valence-corrected chi connectivity index (χ3v) is 6.39. The van der Waals surface area contributed by atoms with Gasteiger partial charge in [0.15, 0.2) is 11.5 Å². The summed E-state index contributed by atoms with van der Waals surface area (Å²) in [5.41, 5.74) is 1.48. The van der Waals surface area contributed by atoms with Crippen LogP contribution in [0, 0.1) is 0 Å². The van der Waals surface area contributed by atoms with Crippen molar-refractivity contribution in [2.75, 3.05) is 12.4 Å². The van der Waals surface area contributed by atoms with Gasteiger partial charge in [-0.2, -0.15) is 0 Å². The monoisotopic (exact) mass is 461 g/mol. The van der Waals surface area contributed by atoms with Crippen LogP contribution in [0.1, 0.15) is 23.4 Å². The Hall–Kier alpha value is -1.31. The largest absolute Gasteiger partial charge is 0.490 e. The van der Waals surface area contributed by atoms with Crippen molar-refractivity contribution >= 4 is 52.5 Å². The molecular weight excluding hydrogens is 445 g/mol. The lowest BCUT2D eigenvalue weighted by atomic mass is 10.1. The first kappa shape index (κ1) is 21.4. The molecule has 0 spiro atoms. The lowest BCUT2D eigenvalue weighted by Gasteiger charge is -2.18. The summed E-state index contributed by atoms with van der Waals surface area (Å²) in [5.74, 6) is 0.475. The summed E-state index contributed by atoms with van der Waals surface area (Å²) in [5, 5.41) is 13.4. The Kier molecular flexibility index (Phi) is 7.23. The molecule has 0 aromatic heterocycles. The maximum atomic E-state index is 11.2. The Morgan fingerprint density at radius 2 is 1.93 bits per heavy atom. The average Bonchev–Trinajstić information content (AvgIpc) is 3.13. The van der Waals surface area contributed by atoms with E-state index in [1.54, 1.807) is 24.3 Å². The van der Waals surface area contributed by atoms with E-state index in [2.05, 4.69) is 5.32 Å². The number of carbonyl (C=O) groups is 1. The number of nitrogens with one attached hydrogen (secondary N) is 1. The molecule has 1 heterocycles. The molecule has 0 aliphatic carbocycles. The van der Waals surface area contributed by atoms with Crippen molar-refractivity contribution in [2.24, 2.45) is 0 Å². The summed E-state index contributed by atoms with van der Waals surface area (Å²) >= 11 is 20.4. The lowest BCUT2D eigenvalue weighted by molar-refractivity contribution is -0.138. The predicted molar refractivity (Wildman–Crippen MR) is 113 cm³/mol. The summed E-state index contributed by atoms with van der Waals surface area (Å²) < 4.78 is 11.6. The standard InChI is InChI=1S/C19H18Cl3NO4S/c1-2-26-16-7-10(18-23-15(9-28-18)19(24)25)6-14(22)17(16)27-8-11-12(20)4-3-5-13(11)21/h3-7,15,18,23H,2,8-9H2,1H3,(H,24,25). The Balaban J connectivity index is 1.84. The van der Waals surface area contributed by atoms with Crippen LogP contribution in [0.2, 0.25) is 15.1 Å². The summed E-state index contributed by atoms with van der Waals surface area (Å²) in [7, 11) is 0. The van der Waals surface area contributed by atoms with Crippen LogP contribution < -0.4 is 14.8 Å². The van der Waals surface area contributed by atoms with Crippen LogP contribution >= 0.6 is 46.6 Å². The summed E-state index contributed by atoms with van der Waals surface area (Å²) in [6.07, 6.45) is 0. The molecule has 2 unspecified atom stereocenters. The molecule has 5 nitrogen and oxygen atoms in total. The van der Waals surface area contributed by atoms with Gasteiger partial charge in [0.25, 0.3) is 0 Å². The van der Waals surface area contributed by atoms with E-state index >= 15 is 0 Å². The Morgan fingerprint density at radius 3 is 2.54 bits per heavy atom. The van der Waals surface area contributed by atoms with Crippen LogP contribution in [0.3, 0.4) is 0 Å². The van der Waals surface area contributed by atoms with Crippen molar-refractivity contribution in [3.63, 3.8) is 0 Å². The van der Waals surface area contributed by atoms with Crippen LogP contribution in [0.25, 0.3) is 0 Å². The van der Waals surface area contributed by atoms with Gasteiger partial charge < -0.3 is 14.6 Å². The van der Waals surface area contributed by atoms with Crippen molar-refractivity contribution in [2.45, 2.75) is 24.9 Å². The smallest absolute Gasteiger partial charge is 0.321 e. The summed E-state index contributed by atoms with van der Waals surface area (Å²) in [6.45, 7) is 2.42. The molecule has 1 fully saturated rings. The van der Waals surface area contributed by atoms with Gasteiger partial charge in [-0.05, 0) is 36.8 Å². The van der Waals surface area contributed by atoms with E-state index in [9.17, 15) is 9.90 Å². The van der Waals surface area contributed by atoms with E-state index in [-0.39, 0.29) is 12.0 Å². The van der Waals surface area contributed by atoms with Gasteiger partial charge in [-0.3, -0.25) is 10.1 Å². The zero-order chi connectivity index (χ0) is 20.3. The van der Waals surface area contributed by atoms with Crippen molar-refractivity contribution in [3.8, 4) is 11.5 Å². The highest BCUT2D eigenvalue weighted by Crippen LogP contribution is 2.42. The van der Waals surface area contributed by atoms with Crippen molar-refractivity contribution < 1.29 is 19.4 Å². The second-order valence-electron chi connectivity index (χ2n) is 6.02. The number of hydrogen-bond donors (Lipinski definition) is 2. The second-order valence-corrected chi connectivity index (χ2v) is 8.38. The zero-order valence-corrected chi connectivity index (χ0v) is 18.0. The van der Waals surface area contributed by atoms with Gasteiger partial charge in [-0.25, -0.2) is 0 Å². The molecule has 0 saturated carbocycles. The van der Waals surface area contributed by atoms with E-state index in [1.165, 1.54) is 11.8 Å². The number of carboxylic acid groups (broad SMARTS) is 1. The minimum atomic E-state index is -0.872. The maximum absolute atomic E-state index is 11.2. The molecule has 1 saturated heterocycles. The van der Waals surface area contributed by atoms with Crippen molar-refractivity contribution in [3.05, 3.63) is 56.5 Å². The third-order valence-electron chi connectivity index (χ3n) is 4.14. The van der Waals surface area contributed by atoms with Gasteiger partial charge in [0.1, 0.15) is 12.6 Å². The van der Waals surface area contributed by atoms with Crippen LogP contribution in [0.5, 0.6) is 11.5 Å². The van der Waals surface area contributed by atoms with Gasteiger partial charge in [-0.15, -0.1) is 11.8 Å². The Labute approximate surface area is 182 Å². The number of rotatable bonds is 7. The fourth-order valence-electron chi connectivity index (χ4n) is 2.76. The molecule has 1 aliphatic heterocycles. The Bertz CT molecular complexity index is 860. The first-order valence-electron chi connectivity index (χ1n) is 8.53. The van der Waals surface area contributed by atoms with Crippen molar-refractivity contribution in [1.29, 1.82) is 0 Å². The molecule has 2 N–H and O–H groups in total. The van der Waals surface area contributed by atoms with Gasteiger partial charge in [0, 0.05) is 21.4 Å². The van der Waals surface area contributed by atoms with E-state index < -0.39 is 12.0 Å². The number of thioether (sulfide) groups is 1. The highest BCUT2D eigenvalue weighted by atomic mass is 35.5. The van der Waals surface area contributed by atoms with Gasteiger partial charge >= 0.3 is 5.97 Å². The number of hydrogen-bond acceptors (Lipinski definition) is 5. The molecule has 28 heavy (non-hydrogen) atoms. The van der Waals surface area contributed by atoms with E-state index in [0.29, 0.717) is 44.5 Å². The molecule has 3 rings (SSSR count). The Morgan fingerprint density at radius 1 is 1.21 bits per heavy atom. The number of halogens is 3. The van der Waals surface area contributed by atoms with Gasteiger partial charge in [-0.1, -0.05) is 40.9 Å². The molecule has 1 aliphatic rings. The van der Waals surface area contributed by atoms with Crippen LogP contribution in [-0.4, -0.2) is 29.5 Å². The molecule has 2 aromatic carbocycles. The lowest BCUT2D eigenvalue weighted by Crippen LogP contribution is -2.33. The number of benzene rings is 2. The highest BCUT2D eigenvalue weighted by Gasteiger charge is 2.31. The first-order chi connectivity index (χ1) is 13.4. The minimum Gasteiger partial charge on any atom is -0.490 e. The third kappa shape index (κ3) is 4.81. The van der Waals surface area contributed by atoms with E-state index in [1.807, 2.05) is 13.0 Å². The second kappa shape index (κ2) is 9.46.